The van der Waals surface area contributed by atoms with Gasteiger partial charge in [-0.3, -0.25) is 9.69 Å². The molecule has 1 atom stereocenters. The number of rotatable bonds is 6. The lowest BCUT2D eigenvalue weighted by atomic mass is 9.95. The Bertz CT molecular complexity index is 291. The molecule has 104 valence electrons. The van der Waals surface area contributed by atoms with Gasteiger partial charge in [0, 0.05) is 37.7 Å². The molecule has 6 heteroatoms. The van der Waals surface area contributed by atoms with E-state index in [1.165, 1.54) is 11.5 Å². The Morgan fingerprint density at radius 2 is 2.06 bits per heavy atom. The van der Waals surface area contributed by atoms with E-state index in [0.717, 1.165) is 19.6 Å². The van der Waals surface area contributed by atoms with Crippen LogP contribution in [0.15, 0.2) is 0 Å². The number of carbonyl (C=O) groups is 1. The Labute approximate surface area is 119 Å². The van der Waals surface area contributed by atoms with E-state index < -0.39 is 0 Å². The lowest BCUT2D eigenvalue weighted by molar-refractivity contribution is -0.124. The summed E-state index contributed by atoms with van der Waals surface area (Å²) in [6.07, 6.45) is 0. The Morgan fingerprint density at radius 3 is 2.56 bits per heavy atom. The summed E-state index contributed by atoms with van der Waals surface area (Å²) < 4.78 is 0. The zero-order chi connectivity index (χ0) is 13.5. The second kappa shape index (κ2) is 7.96. The van der Waals surface area contributed by atoms with Gasteiger partial charge in [0.05, 0.1) is 10.9 Å². The SMILES string of the molecule is CC(C)C(C(=O)NCCN1CCSCC1)C(N)=S. The highest BCUT2D eigenvalue weighted by atomic mass is 32.2. The third-order valence-corrected chi connectivity index (χ3v) is 4.28. The summed E-state index contributed by atoms with van der Waals surface area (Å²) >= 11 is 6.94. The standard InChI is InChI=1S/C12H23N3OS2/c1-9(2)10(11(13)17)12(16)14-3-4-15-5-7-18-8-6-15/h9-10H,3-8H2,1-2H3,(H2,13,17)(H,14,16). The quantitative estimate of drug-likeness (QED) is 0.705. The van der Waals surface area contributed by atoms with Gasteiger partial charge in [-0.1, -0.05) is 26.1 Å². The Balaban J connectivity index is 2.28. The van der Waals surface area contributed by atoms with Gasteiger partial charge in [-0.15, -0.1) is 0 Å². The minimum Gasteiger partial charge on any atom is -0.393 e. The lowest BCUT2D eigenvalue weighted by Crippen LogP contribution is -2.44. The first-order valence-electron chi connectivity index (χ1n) is 6.39. The fraction of sp³-hybridized carbons (Fsp3) is 0.833. The number of thiocarbonyl (C=S) groups is 1. The maximum absolute atomic E-state index is 12.0. The van der Waals surface area contributed by atoms with Crippen molar-refractivity contribution in [1.82, 2.24) is 10.2 Å². The van der Waals surface area contributed by atoms with Gasteiger partial charge < -0.3 is 11.1 Å². The van der Waals surface area contributed by atoms with Crippen molar-refractivity contribution < 1.29 is 4.79 Å². The van der Waals surface area contributed by atoms with E-state index in [1.807, 2.05) is 25.6 Å². The van der Waals surface area contributed by atoms with E-state index in [4.69, 9.17) is 18.0 Å². The molecule has 1 amide bonds. The van der Waals surface area contributed by atoms with E-state index >= 15 is 0 Å². The molecular formula is C12H23N3OS2. The number of hydrogen-bond donors (Lipinski definition) is 2. The van der Waals surface area contributed by atoms with Crippen molar-refractivity contribution in [3.8, 4) is 0 Å². The molecule has 0 radical (unpaired) electrons. The Hall–Kier alpha value is -0.330. The summed E-state index contributed by atoms with van der Waals surface area (Å²) in [5, 5.41) is 2.94. The third kappa shape index (κ3) is 5.12. The number of hydrogen-bond acceptors (Lipinski definition) is 4. The summed E-state index contributed by atoms with van der Waals surface area (Å²) in [6, 6.07) is 0. The van der Waals surface area contributed by atoms with Crippen molar-refractivity contribution in [1.29, 1.82) is 0 Å². The normalized spacial score (nSPS) is 18.6. The van der Waals surface area contributed by atoms with E-state index in [-0.39, 0.29) is 22.7 Å². The molecule has 1 fully saturated rings. The van der Waals surface area contributed by atoms with Crippen LogP contribution in [0.4, 0.5) is 0 Å². The van der Waals surface area contributed by atoms with Crippen molar-refractivity contribution >= 4 is 34.9 Å². The summed E-state index contributed by atoms with van der Waals surface area (Å²) in [5.41, 5.74) is 5.61. The summed E-state index contributed by atoms with van der Waals surface area (Å²) in [4.78, 5) is 14.6. The van der Waals surface area contributed by atoms with Gasteiger partial charge in [0.25, 0.3) is 0 Å². The van der Waals surface area contributed by atoms with Crippen molar-refractivity contribution in [3.63, 3.8) is 0 Å². The number of thioether (sulfide) groups is 1. The molecule has 0 aromatic carbocycles. The van der Waals surface area contributed by atoms with Crippen LogP contribution < -0.4 is 11.1 Å². The first-order chi connectivity index (χ1) is 8.52. The molecule has 0 aliphatic carbocycles. The minimum atomic E-state index is -0.350. The fourth-order valence-corrected chi connectivity index (χ4v) is 3.39. The van der Waals surface area contributed by atoms with Crippen LogP contribution in [0.3, 0.4) is 0 Å². The van der Waals surface area contributed by atoms with E-state index in [2.05, 4.69) is 10.2 Å². The molecule has 0 aromatic rings. The molecule has 1 rings (SSSR count). The van der Waals surface area contributed by atoms with Crippen molar-refractivity contribution in [2.75, 3.05) is 37.7 Å². The molecule has 3 N–H and O–H groups in total. The molecule has 1 aliphatic heterocycles. The van der Waals surface area contributed by atoms with Crippen LogP contribution in [0.2, 0.25) is 0 Å². The maximum Gasteiger partial charge on any atom is 0.230 e. The molecule has 0 spiro atoms. The molecular weight excluding hydrogens is 266 g/mol. The second-order valence-corrected chi connectivity index (χ2v) is 6.57. The van der Waals surface area contributed by atoms with Gasteiger partial charge in [-0.05, 0) is 5.92 Å². The molecule has 1 heterocycles. The largest absolute Gasteiger partial charge is 0.393 e. The van der Waals surface area contributed by atoms with Crippen LogP contribution in [0.5, 0.6) is 0 Å². The maximum atomic E-state index is 12.0. The molecule has 0 bridgehead atoms. The van der Waals surface area contributed by atoms with Gasteiger partial charge in [0.2, 0.25) is 5.91 Å². The van der Waals surface area contributed by atoms with Gasteiger partial charge in [-0.25, -0.2) is 0 Å². The first kappa shape index (κ1) is 15.7. The molecule has 4 nitrogen and oxygen atoms in total. The number of carbonyl (C=O) groups excluding carboxylic acids is 1. The van der Waals surface area contributed by atoms with Gasteiger partial charge in [-0.2, -0.15) is 11.8 Å². The first-order valence-corrected chi connectivity index (χ1v) is 7.95. The van der Waals surface area contributed by atoms with E-state index in [1.54, 1.807) is 0 Å². The summed E-state index contributed by atoms with van der Waals surface area (Å²) in [7, 11) is 0. The van der Waals surface area contributed by atoms with Crippen LogP contribution in [0.25, 0.3) is 0 Å². The van der Waals surface area contributed by atoms with Gasteiger partial charge in [0.15, 0.2) is 0 Å². The van der Waals surface area contributed by atoms with Crippen LogP contribution in [0, 0.1) is 11.8 Å². The molecule has 1 unspecified atom stereocenters. The van der Waals surface area contributed by atoms with E-state index in [0.29, 0.717) is 6.54 Å². The molecule has 0 saturated carbocycles. The van der Waals surface area contributed by atoms with Crippen LogP contribution in [-0.2, 0) is 4.79 Å². The predicted octanol–water partition coefficient (Wildman–Crippen LogP) is 0.710. The highest BCUT2D eigenvalue weighted by molar-refractivity contribution is 7.99. The van der Waals surface area contributed by atoms with Crippen LogP contribution in [0.1, 0.15) is 13.8 Å². The monoisotopic (exact) mass is 289 g/mol. The number of nitrogens with two attached hydrogens (primary N) is 1. The van der Waals surface area contributed by atoms with Crippen LogP contribution in [-0.4, -0.2) is 53.5 Å². The zero-order valence-electron chi connectivity index (χ0n) is 11.1. The van der Waals surface area contributed by atoms with Crippen molar-refractivity contribution in [2.45, 2.75) is 13.8 Å². The molecule has 1 aliphatic rings. The van der Waals surface area contributed by atoms with Crippen molar-refractivity contribution in [2.24, 2.45) is 17.6 Å². The Kier molecular flexibility index (Phi) is 6.96. The fourth-order valence-electron chi connectivity index (χ4n) is 2.03. The number of nitrogens with zero attached hydrogens (tertiary/aromatic N) is 1. The van der Waals surface area contributed by atoms with Crippen LogP contribution >= 0.6 is 24.0 Å². The van der Waals surface area contributed by atoms with Gasteiger partial charge in [0.1, 0.15) is 0 Å². The van der Waals surface area contributed by atoms with Gasteiger partial charge >= 0.3 is 0 Å². The minimum absolute atomic E-state index is 0.0381. The topological polar surface area (TPSA) is 58.4 Å². The molecule has 18 heavy (non-hydrogen) atoms. The van der Waals surface area contributed by atoms with Crippen molar-refractivity contribution in [3.05, 3.63) is 0 Å². The Morgan fingerprint density at radius 1 is 1.44 bits per heavy atom. The average molecular weight is 289 g/mol. The average Bonchev–Trinajstić information content (AvgIpc) is 2.29. The molecule has 0 aromatic heterocycles. The summed E-state index contributed by atoms with van der Waals surface area (Å²) in [6.45, 7) is 7.74. The number of nitrogens with one attached hydrogen (secondary N) is 1. The smallest absolute Gasteiger partial charge is 0.230 e. The molecule has 1 saturated heterocycles. The highest BCUT2D eigenvalue weighted by Gasteiger charge is 2.24. The zero-order valence-corrected chi connectivity index (χ0v) is 12.8. The lowest BCUT2D eigenvalue weighted by Gasteiger charge is -2.26. The van der Waals surface area contributed by atoms with E-state index in [9.17, 15) is 4.79 Å². The second-order valence-electron chi connectivity index (χ2n) is 4.87. The summed E-state index contributed by atoms with van der Waals surface area (Å²) in [5.74, 6) is 2.14. The predicted molar refractivity (Wildman–Crippen MR) is 81.9 cm³/mol. The highest BCUT2D eigenvalue weighted by Crippen LogP contribution is 2.11. The number of amides is 1. The third-order valence-electron chi connectivity index (χ3n) is 3.09.